The molecule has 1 aromatic carbocycles. The Kier molecular flexibility index (Phi) is 5.30. The average molecular weight is 260 g/mol. The lowest BCUT2D eigenvalue weighted by Gasteiger charge is -2.06. The first kappa shape index (κ1) is 15.0. The smallest absolute Gasteiger partial charge is 0.258 e. The molecule has 0 aliphatic heterocycles. The van der Waals surface area contributed by atoms with E-state index in [0.717, 1.165) is 10.9 Å². The summed E-state index contributed by atoms with van der Waals surface area (Å²) in [7, 11) is 1.55. The summed E-state index contributed by atoms with van der Waals surface area (Å²) in [6.45, 7) is 6.04. The summed E-state index contributed by atoms with van der Waals surface area (Å²) in [4.78, 5) is 23.3. The molecule has 1 N–H and O–H groups in total. The van der Waals surface area contributed by atoms with Gasteiger partial charge in [0, 0.05) is 18.6 Å². The quantitative estimate of drug-likeness (QED) is 0.898. The van der Waals surface area contributed by atoms with Gasteiger partial charge in [0.05, 0.1) is 0 Å². The summed E-state index contributed by atoms with van der Waals surface area (Å²) in [5, 5.41) is 4.05. The number of carbonyl (C=O) groups excluding carboxylic acids is 1. The molecule has 102 valence electrons. The van der Waals surface area contributed by atoms with Crippen LogP contribution < -0.4 is 10.9 Å². The lowest BCUT2D eigenvalue weighted by atomic mass is 10.1. The molecule has 0 saturated heterocycles. The van der Waals surface area contributed by atoms with E-state index in [9.17, 15) is 9.59 Å². The number of amides is 1. The normalized spacial score (nSPS) is 9.68. The molecule has 2 aromatic rings. The highest BCUT2D eigenvalue weighted by atomic mass is 16.2. The van der Waals surface area contributed by atoms with Gasteiger partial charge in [-0.2, -0.15) is 0 Å². The van der Waals surface area contributed by atoms with Gasteiger partial charge in [0.15, 0.2) is 0 Å². The topological polar surface area (TPSA) is 51.1 Å². The molecular weight excluding hydrogens is 240 g/mol. The molecule has 0 spiro atoms. The third-order valence-electron chi connectivity index (χ3n) is 2.73. The molecule has 4 nitrogen and oxygen atoms in total. The maximum atomic E-state index is 12.1. The molecule has 0 atom stereocenters. The number of nitrogens with zero attached hydrogens (tertiary/aromatic N) is 1. The number of pyridine rings is 1. The number of hydrogen-bond donors (Lipinski definition) is 1. The number of hydrogen-bond acceptors (Lipinski definition) is 2. The van der Waals surface area contributed by atoms with Crippen LogP contribution >= 0.6 is 0 Å². The van der Waals surface area contributed by atoms with E-state index >= 15 is 0 Å². The molecule has 19 heavy (non-hydrogen) atoms. The minimum atomic E-state index is -0.182. The largest absolute Gasteiger partial charge is 0.358 e. The molecule has 0 bridgehead atoms. The molecule has 1 aromatic heterocycles. The van der Waals surface area contributed by atoms with E-state index in [1.165, 1.54) is 4.57 Å². The Bertz CT molecular complexity index is 630. The van der Waals surface area contributed by atoms with Crippen molar-refractivity contribution in [1.82, 2.24) is 9.88 Å². The second-order valence-electron chi connectivity index (χ2n) is 4.01. The maximum absolute atomic E-state index is 12.1. The number of nitrogens with one attached hydrogen (secondary N) is 1. The molecule has 0 saturated carbocycles. The van der Waals surface area contributed by atoms with Crippen LogP contribution in [0.4, 0.5) is 0 Å². The summed E-state index contributed by atoms with van der Waals surface area (Å²) in [5.41, 5.74) is 0.979. The third-order valence-corrected chi connectivity index (χ3v) is 2.73. The first-order valence-electron chi connectivity index (χ1n) is 6.42. The van der Waals surface area contributed by atoms with Gasteiger partial charge in [0.2, 0.25) is 5.91 Å². The van der Waals surface area contributed by atoms with Gasteiger partial charge in [-0.3, -0.25) is 9.59 Å². The van der Waals surface area contributed by atoms with E-state index in [-0.39, 0.29) is 18.0 Å². The van der Waals surface area contributed by atoms with Gasteiger partial charge in [-0.15, -0.1) is 0 Å². The van der Waals surface area contributed by atoms with Crippen molar-refractivity contribution in [3.8, 4) is 0 Å². The van der Waals surface area contributed by atoms with Crippen LogP contribution in [0.2, 0.25) is 0 Å². The first-order valence-corrected chi connectivity index (χ1v) is 6.42. The van der Waals surface area contributed by atoms with Crippen LogP contribution in [0.3, 0.4) is 0 Å². The summed E-state index contributed by atoms with van der Waals surface area (Å²) in [5.74, 6) is -0.182. The van der Waals surface area contributed by atoms with E-state index in [1.807, 2.05) is 39.0 Å². The van der Waals surface area contributed by atoms with Gasteiger partial charge < -0.3 is 9.88 Å². The maximum Gasteiger partial charge on any atom is 0.258 e. The van der Waals surface area contributed by atoms with Gasteiger partial charge in [-0.25, -0.2) is 0 Å². The van der Waals surface area contributed by atoms with Crippen molar-refractivity contribution in [3.63, 3.8) is 0 Å². The summed E-state index contributed by atoms with van der Waals surface area (Å²) < 4.78 is 1.41. The van der Waals surface area contributed by atoms with E-state index in [1.54, 1.807) is 19.3 Å². The fourth-order valence-electron chi connectivity index (χ4n) is 1.77. The standard InChI is InChI=1S/C13H14N2O2.C2H6/c1-9-3-4-11-10(7-9)5-6-15(13(11)17)8-12(16)14-2;1-2/h3-7H,8H2,1-2H3,(H,14,16);1-2H3. The van der Waals surface area contributed by atoms with Crippen molar-refractivity contribution in [2.45, 2.75) is 27.3 Å². The van der Waals surface area contributed by atoms with Crippen LogP contribution in [0.15, 0.2) is 35.3 Å². The number of fused-ring (bicyclic) bond motifs is 1. The van der Waals surface area contributed by atoms with Crippen LogP contribution in [0.25, 0.3) is 10.8 Å². The van der Waals surface area contributed by atoms with Crippen LogP contribution in [0.5, 0.6) is 0 Å². The summed E-state index contributed by atoms with van der Waals surface area (Å²) >= 11 is 0. The Hall–Kier alpha value is -2.10. The van der Waals surface area contributed by atoms with Gasteiger partial charge in [-0.05, 0) is 24.4 Å². The lowest BCUT2D eigenvalue weighted by Crippen LogP contribution is -2.29. The van der Waals surface area contributed by atoms with Crippen molar-refractivity contribution >= 4 is 16.7 Å². The lowest BCUT2D eigenvalue weighted by molar-refractivity contribution is -0.121. The fraction of sp³-hybridized carbons (Fsp3) is 0.333. The van der Waals surface area contributed by atoms with Crippen molar-refractivity contribution in [2.24, 2.45) is 0 Å². The molecule has 0 unspecified atom stereocenters. The Morgan fingerprint density at radius 1 is 1.26 bits per heavy atom. The Balaban J connectivity index is 0.000000861. The molecule has 0 aliphatic rings. The Labute approximate surface area is 113 Å². The number of aryl methyl sites for hydroxylation is 1. The molecule has 4 heteroatoms. The second-order valence-corrected chi connectivity index (χ2v) is 4.01. The number of benzene rings is 1. The third kappa shape index (κ3) is 3.44. The van der Waals surface area contributed by atoms with E-state index in [4.69, 9.17) is 0 Å². The SMILES string of the molecule is CC.CNC(=O)Cn1ccc2cc(C)ccc2c1=O. The molecule has 1 amide bonds. The number of aromatic nitrogens is 1. The predicted octanol–water partition coefficient (Wildman–Crippen LogP) is 2.08. The zero-order chi connectivity index (χ0) is 14.4. The molecule has 0 aliphatic carbocycles. The molecule has 2 rings (SSSR count). The zero-order valence-corrected chi connectivity index (χ0v) is 11.9. The number of rotatable bonds is 2. The Morgan fingerprint density at radius 2 is 1.95 bits per heavy atom. The first-order chi connectivity index (χ1) is 9.11. The summed E-state index contributed by atoms with van der Waals surface area (Å²) in [6.07, 6.45) is 1.65. The van der Waals surface area contributed by atoms with Crippen molar-refractivity contribution in [1.29, 1.82) is 0 Å². The van der Waals surface area contributed by atoms with Crippen molar-refractivity contribution in [2.75, 3.05) is 7.05 Å². The minimum absolute atomic E-state index is 0.0547. The van der Waals surface area contributed by atoms with E-state index in [0.29, 0.717) is 5.39 Å². The summed E-state index contributed by atoms with van der Waals surface area (Å²) in [6, 6.07) is 7.51. The van der Waals surface area contributed by atoms with Crippen LogP contribution in [-0.2, 0) is 11.3 Å². The van der Waals surface area contributed by atoms with E-state index in [2.05, 4.69) is 5.32 Å². The fourth-order valence-corrected chi connectivity index (χ4v) is 1.77. The molecule has 0 radical (unpaired) electrons. The van der Waals surface area contributed by atoms with Crippen molar-refractivity contribution in [3.05, 3.63) is 46.4 Å². The number of likely N-dealkylation sites (N-methyl/N-ethyl adjacent to an activating group) is 1. The van der Waals surface area contributed by atoms with E-state index < -0.39 is 0 Å². The number of carbonyl (C=O) groups is 1. The Morgan fingerprint density at radius 3 is 2.58 bits per heavy atom. The average Bonchev–Trinajstić information content (AvgIpc) is 2.44. The molecule has 1 heterocycles. The predicted molar refractivity (Wildman–Crippen MR) is 78.4 cm³/mol. The van der Waals surface area contributed by atoms with Gasteiger partial charge in [0.1, 0.15) is 6.54 Å². The van der Waals surface area contributed by atoms with Gasteiger partial charge in [-0.1, -0.05) is 31.5 Å². The van der Waals surface area contributed by atoms with Gasteiger partial charge >= 0.3 is 0 Å². The highest BCUT2D eigenvalue weighted by Crippen LogP contribution is 2.11. The minimum Gasteiger partial charge on any atom is -0.358 e. The molecule has 0 fully saturated rings. The second kappa shape index (κ2) is 6.73. The van der Waals surface area contributed by atoms with Crippen molar-refractivity contribution < 1.29 is 4.79 Å². The van der Waals surface area contributed by atoms with Gasteiger partial charge in [0.25, 0.3) is 5.56 Å². The monoisotopic (exact) mass is 260 g/mol. The molecular formula is C15H20N2O2. The highest BCUT2D eigenvalue weighted by molar-refractivity contribution is 5.82. The zero-order valence-electron chi connectivity index (χ0n) is 11.9. The van der Waals surface area contributed by atoms with Crippen LogP contribution in [0.1, 0.15) is 19.4 Å². The highest BCUT2D eigenvalue weighted by Gasteiger charge is 2.05. The van der Waals surface area contributed by atoms with Crippen LogP contribution in [0, 0.1) is 6.92 Å². The van der Waals surface area contributed by atoms with Crippen LogP contribution in [-0.4, -0.2) is 17.5 Å².